The summed E-state index contributed by atoms with van der Waals surface area (Å²) in [6.07, 6.45) is 2.07. The fourth-order valence-electron chi connectivity index (χ4n) is 2.68. The number of rotatable bonds is 4. The summed E-state index contributed by atoms with van der Waals surface area (Å²) in [7, 11) is 0. The third-order valence-electron chi connectivity index (χ3n) is 3.83. The zero-order chi connectivity index (χ0) is 15.4. The number of nitrogens with zero attached hydrogens (tertiary/aromatic N) is 1. The summed E-state index contributed by atoms with van der Waals surface area (Å²) in [6.45, 7) is 6.50. The lowest BCUT2D eigenvalue weighted by molar-refractivity contribution is 0.0669. The quantitative estimate of drug-likeness (QED) is 0.742. The van der Waals surface area contributed by atoms with Crippen molar-refractivity contribution in [1.29, 1.82) is 0 Å². The summed E-state index contributed by atoms with van der Waals surface area (Å²) in [5.41, 5.74) is 0.174. The van der Waals surface area contributed by atoms with Crippen molar-refractivity contribution in [3.05, 3.63) is 23.8 Å². The molecule has 1 aromatic carbocycles. The smallest absolute Gasteiger partial charge is 0.257 e. The molecule has 3 N–H and O–H groups in total. The van der Waals surface area contributed by atoms with E-state index >= 15 is 0 Å². The van der Waals surface area contributed by atoms with E-state index in [0.717, 1.165) is 19.4 Å². The van der Waals surface area contributed by atoms with Crippen molar-refractivity contribution in [2.45, 2.75) is 32.7 Å². The van der Waals surface area contributed by atoms with E-state index in [4.69, 9.17) is 0 Å². The predicted molar refractivity (Wildman–Crippen MR) is 81.5 cm³/mol. The third kappa shape index (κ3) is 4.11. The zero-order valence-electron chi connectivity index (χ0n) is 12.7. The maximum atomic E-state index is 12.5. The summed E-state index contributed by atoms with van der Waals surface area (Å²) >= 11 is 0. The minimum atomic E-state index is -0.211. The molecule has 5 heteroatoms. The average Bonchev–Trinajstić information content (AvgIpc) is 2.47. The highest BCUT2D eigenvalue weighted by molar-refractivity contribution is 5.97. The molecule has 1 heterocycles. The van der Waals surface area contributed by atoms with Crippen LogP contribution < -0.4 is 5.32 Å². The maximum absolute atomic E-state index is 12.5. The van der Waals surface area contributed by atoms with Gasteiger partial charge in [0, 0.05) is 19.1 Å². The summed E-state index contributed by atoms with van der Waals surface area (Å²) in [6, 6.07) is 4.49. The Bertz CT molecular complexity index is 502. The van der Waals surface area contributed by atoms with Crippen LogP contribution in [0.4, 0.5) is 0 Å². The Kier molecular flexibility index (Phi) is 5.07. The normalized spacial score (nSPS) is 19.0. The fourth-order valence-corrected chi connectivity index (χ4v) is 2.68. The molecule has 1 aliphatic rings. The monoisotopic (exact) mass is 292 g/mol. The second-order valence-electron chi connectivity index (χ2n) is 6.02. The van der Waals surface area contributed by atoms with E-state index in [-0.39, 0.29) is 23.0 Å². The minimum Gasteiger partial charge on any atom is -0.508 e. The third-order valence-corrected chi connectivity index (χ3v) is 3.83. The van der Waals surface area contributed by atoms with Gasteiger partial charge in [-0.1, -0.05) is 13.8 Å². The van der Waals surface area contributed by atoms with E-state index in [1.165, 1.54) is 18.2 Å². The standard InChI is InChI=1S/C16H24N2O3/c1-11(2)17-9-12-4-3-7-18(10-12)16(21)14-8-13(19)5-6-15(14)20/h5-6,8,11-12,17,19-20H,3-4,7,9-10H2,1-2H3. The molecule has 0 aromatic heterocycles. The first-order valence-electron chi connectivity index (χ1n) is 7.52. The molecular formula is C16H24N2O3. The van der Waals surface area contributed by atoms with Crippen LogP contribution in [-0.2, 0) is 0 Å². The van der Waals surface area contributed by atoms with Crippen LogP contribution in [0, 0.1) is 5.92 Å². The van der Waals surface area contributed by atoms with Crippen LogP contribution in [0.25, 0.3) is 0 Å². The molecule has 1 amide bonds. The number of phenols is 2. The second kappa shape index (κ2) is 6.80. The first-order chi connectivity index (χ1) is 9.97. The van der Waals surface area contributed by atoms with Gasteiger partial charge in [0.05, 0.1) is 5.56 Å². The summed E-state index contributed by atoms with van der Waals surface area (Å²) in [5.74, 6) is 0.133. The van der Waals surface area contributed by atoms with Gasteiger partial charge in [0.1, 0.15) is 11.5 Å². The van der Waals surface area contributed by atoms with Crippen LogP contribution in [0.5, 0.6) is 11.5 Å². The number of piperidine rings is 1. The van der Waals surface area contributed by atoms with Gasteiger partial charge in [0.25, 0.3) is 5.91 Å². The Labute approximate surface area is 125 Å². The number of hydrogen-bond donors (Lipinski definition) is 3. The SMILES string of the molecule is CC(C)NCC1CCCN(C(=O)c2cc(O)ccc2O)C1. The van der Waals surface area contributed by atoms with Crippen LogP contribution in [-0.4, -0.2) is 46.7 Å². The van der Waals surface area contributed by atoms with Crippen LogP contribution in [0.1, 0.15) is 37.0 Å². The van der Waals surface area contributed by atoms with Gasteiger partial charge in [-0.2, -0.15) is 0 Å². The molecule has 0 radical (unpaired) electrons. The topological polar surface area (TPSA) is 72.8 Å². The molecule has 5 nitrogen and oxygen atoms in total. The Hall–Kier alpha value is -1.75. The average molecular weight is 292 g/mol. The summed E-state index contributed by atoms with van der Waals surface area (Å²) in [4.78, 5) is 14.3. The molecule has 1 fully saturated rings. The zero-order valence-corrected chi connectivity index (χ0v) is 12.7. The van der Waals surface area contributed by atoms with Crippen LogP contribution in [0.3, 0.4) is 0 Å². The van der Waals surface area contributed by atoms with E-state index in [0.29, 0.717) is 25.0 Å². The number of nitrogens with one attached hydrogen (secondary N) is 1. The first-order valence-corrected chi connectivity index (χ1v) is 7.52. The molecular weight excluding hydrogens is 268 g/mol. The lowest BCUT2D eigenvalue weighted by atomic mass is 9.97. The van der Waals surface area contributed by atoms with Gasteiger partial charge < -0.3 is 20.4 Å². The van der Waals surface area contributed by atoms with Crippen molar-refractivity contribution in [1.82, 2.24) is 10.2 Å². The summed E-state index contributed by atoms with van der Waals surface area (Å²) in [5, 5.41) is 22.7. The Balaban J connectivity index is 2.03. The lowest BCUT2D eigenvalue weighted by Crippen LogP contribution is -2.43. The molecule has 0 spiro atoms. The van der Waals surface area contributed by atoms with Crippen LogP contribution >= 0.6 is 0 Å². The van der Waals surface area contributed by atoms with Crippen molar-refractivity contribution in [3.8, 4) is 11.5 Å². The number of aromatic hydroxyl groups is 2. The van der Waals surface area contributed by atoms with E-state index < -0.39 is 0 Å². The van der Waals surface area contributed by atoms with E-state index in [1.807, 2.05) is 0 Å². The lowest BCUT2D eigenvalue weighted by Gasteiger charge is -2.33. The number of benzene rings is 1. The number of hydrogen-bond acceptors (Lipinski definition) is 4. The van der Waals surface area contributed by atoms with Crippen molar-refractivity contribution < 1.29 is 15.0 Å². The summed E-state index contributed by atoms with van der Waals surface area (Å²) < 4.78 is 0. The predicted octanol–water partition coefficient (Wildman–Crippen LogP) is 1.95. The Morgan fingerprint density at radius 2 is 2.19 bits per heavy atom. The number of carbonyl (C=O) groups is 1. The molecule has 116 valence electrons. The first kappa shape index (κ1) is 15.6. The number of phenolic OH excluding ortho intramolecular Hbond substituents is 2. The second-order valence-corrected chi connectivity index (χ2v) is 6.02. The Morgan fingerprint density at radius 3 is 2.90 bits per heavy atom. The van der Waals surface area contributed by atoms with Gasteiger partial charge in [-0.05, 0) is 43.5 Å². The number of likely N-dealkylation sites (tertiary alicyclic amines) is 1. The molecule has 1 aliphatic heterocycles. The van der Waals surface area contributed by atoms with Gasteiger partial charge in [0.2, 0.25) is 0 Å². The van der Waals surface area contributed by atoms with Gasteiger partial charge in [-0.15, -0.1) is 0 Å². The number of amides is 1. The molecule has 1 saturated heterocycles. The van der Waals surface area contributed by atoms with Crippen molar-refractivity contribution in [3.63, 3.8) is 0 Å². The molecule has 1 unspecified atom stereocenters. The highest BCUT2D eigenvalue weighted by atomic mass is 16.3. The van der Waals surface area contributed by atoms with Crippen LogP contribution in [0.2, 0.25) is 0 Å². The van der Waals surface area contributed by atoms with Gasteiger partial charge in [0.15, 0.2) is 0 Å². The molecule has 1 atom stereocenters. The molecule has 1 aromatic rings. The van der Waals surface area contributed by atoms with Gasteiger partial charge in [-0.25, -0.2) is 0 Å². The highest BCUT2D eigenvalue weighted by Crippen LogP contribution is 2.25. The molecule has 0 aliphatic carbocycles. The molecule has 21 heavy (non-hydrogen) atoms. The highest BCUT2D eigenvalue weighted by Gasteiger charge is 2.26. The maximum Gasteiger partial charge on any atom is 0.257 e. The number of carbonyl (C=O) groups excluding carboxylic acids is 1. The van der Waals surface area contributed by atoms with Crippen molar-refractivity contribution in [2.75, 3.05) is 19.6 Å². The fraction of sp³-hybridized carbons (Fsp3) is 0.562. The molecule has 0 saturated carbocycles. The van der Waals surface area contributed by atoms with E-state index in [2.05, 4.69) is 19.2 Å². The van der Waals surface area contributed by atoms with Crippen molar-refractivity contribution in [2.24, 2.45) is 5.92 Å². The molecule has 0 bridgehead atoms. The van der Waals surface area contributed by atoms with Crippen LogP contribution in [0.15, 0.2) is 18.2 Å². The molecule has 2 rings (SSSR count). The van der Waals surface area contributed by atoms with E-state index in [1.54, 1.807) is 4.90 Å². The van der Waals surface area contributed by atoms with Crippen molar-refractivity contribution >= 4 is 5.91 Å². The van der Waals surface area contributed by atoms with Gasteiger partial charge in [-0.3, -0.25) is 4.79 Å². The van der Waals surface area contributed by atoms with E-state index in [9.17, 15) is 15.0 Å². The minimum absolute atomic E-state index is 0.00816. The largest absolute Gasteiger partial charge is 0.508 e. The Morgan fingerprint density at radius 1 is 1.43 bits per heavy atom. The van der Waals surface area contributed by atoms with Gasteiger partial charge >= 0.3 is 0 Å².